The molecule has 0 radical (unpaired) electrons. The van der Waals surface area contributed by atoms with Gasteiger partial charge in [0.2, 0.25) is 0 Å². The third-order valence-corrected chi connectivity index (χ3v) is 2.24. The summed E-state index contributed by atoms with van der Waals surface area (Å²) >= 11 is 3.33. The van der Waals surface area contributed by atoms with Crippen molar-refractivity contribution in [3.8, 4) is 0 Å². The lowest BCUT2D eigenvalue weighted by atomic mass is 10.3. The van der Waals surface area contributed by atoms with Crippen LogP contribution in [0.2, 0.25) is 0 Å². The van der Waals surface area contributed by atoms with Gasteiger partial charge in [0.05, 0.1) is 0 Å². The summed E-state index contributed by atoms with van der Waals surface area (Å²) in [5, 5.41) is 0.938. The highest BCUT2D eigenvalue weighted by atomic mass is 79.9. The van der Waals surface area contributed by atoms with Crippen LogP contribution in [0.15, 0.2) is 23.1 Å². The molecule has 0 N–H and O–H groups in total. The maximum atomic E-state index is 11.3. The zero-order chi connectivity index (χ0) is 8.97. The van der Waals surface area contributed by atoms with Crippen LogP contribution in [0.3, 0.4) is 0 Å². The van der Waals surface area contributed by atoms with E-state index < -0.39 is 0 Å². The van der Waals surface area contributed by atoms with Gasteiger partial charge in [-0.2, -0.15) is 0 Å². The number of aryl methyl sites for hydroxylation is 2. The number of aromatic nitrogens is 1. The quantitative estimate of drug-likeness (QED) is 0.727. The van der Waals surface area contributed by atoms with Gasteiger partial charge in [-0.15, -0.1) is 0 Å². The number of nitrogens with zero attached hydrogens (tertiary/aromatic N) is 1. The Labute approximate surface area is 80.3 Å². The zero-order valence-electron chi connectivity index (χ0n) is 7.09. The topological polar surface area (TPSA) is 22.0 Å². The predicted molar refractivity (Wildman–Crippen MR) is 53.9 cm³/mol. The monoisotopic (exact) mass is 229 g/mol. The van der Waals surface area contributed by atoms with Crippen molar-refractivity contribution in [3.63, 3.8) is 0 Å². The second-order valence-electron chi connectivity index (χ2n) is 2.78. The van der Waals surface area contributed by atoms with Crippen molar-refractivity contribution in [2.24, 2.45) is 0 Å². The molecule has 1 rings (SSSR count). The van der Waals surface area contributed by atoms with Crippen molar-refractivity contribution < 1.29 is 0 Å². The van der Waals surface area contributed by atoms with Gasteiger partial charge in [-0.1, -0.05) is 15.9 Å². The van der Waals surface area contributed by atoms with E-state index in [1.165, 1.54) is 0 Å². The Bertz CT molecular complexity index is 306. The Morgan fingerprint density at radius 3 is 2.92 bits per heavy atom. The summed E-state index contributed by atoms with van der Waals surface area (Å²) in [6, 6.07) is 3.61. The first kappa shape index (κ1) is 9.52. The highest BCUT2D eigenvalue weighted by Crippen LogP contribution is 1.94. The highest BCUT2D eigenvalue weighted by Gasteiger charge is 1.94. The number of alkyl halides is 1. The maximum Gasteiger partial charge on any atom is 0.250 e. The van der Waals surface area contributed by atoms with Crippen LogP contribution in [0, 0.1) is 6.92 Å². The average Bonchev–Trinajstić information content (AvgIpc) is 2.03. The van der Waals surface area contributed by atoms with Crippen LogP contribution >= 0.6 is 15.9 Å². The van der Waals surface area contributed by atoms with E-state index in [9.17, 15) is 4.79 Å². The number of rotatable bonds is 3. The van der Waals surface area contributed by atoms with E-state index in [0.717, 1.165) is 23.9 Å². The molecule has 0 aliphatic carbocycles. The molecule has 0 saturated carbocycles. The maximum absolute atomic E-state index is 11.3. The van der Waals surface area contributed by atoms with E-state index in [1.807, 2.05) is 19.2 Å². The van der Waals surface area contributed by atoms with Gasteiger partial charge in [-0.25, -0.2) is 0 Å². The smallest absolute Gasteiger partial charge is 0.250 e. The summed E-state index contributed by atoms with van der Waals surface area (Å²) in [6.07, 6.45) is 2.84. The third-order valence-electron chi connectivity index (χ3n) is 1.68. The second kappa shape index (κ2) is 4.45. The van der Waals surface area contributed by atoms with Crippen LogP contribution in [0.5, 0.6) is 0 Å². The molecule has 0 unspecified atom stereocenters. The fourth-order valence-corrected chi connectivity index (χ4v) is 1.27. The Hall–Kier alpha value is -0.570. The van der Waals surface area contributed by atoms with Crippen LogP contribution in [-0.2, 0) is 6.54 Å². The van der Waals surface area contributed by atoms with E-state index in [2.05, 4.69) is 15.9 Å². The van der Waals surface area contributed by atoms with Crippen molar-refractivity contribution in [2.45, 2.75) is 19.9 Å². The number of hydrogen-bond donors (Lipinski definition) is 0. The van der Waals surface area contributed by atoms with Crippen molar-refractivity contribution in [2.75, 3.05) is 5.33 Å². The number of halogens is 1. The van der Waals surface area contributed by atoms with Crippen LogP contribution in [0.25, 0.3) is 0 Å². The van der Waals surface area contributed by atoms with Gasteiger partial charge in [0.15, 0.2) is 0 Å². The molecule has 1 aromatic rings. The van der Waals surface area contributed by atoms with Gasteiger partial charge in [0.1, 0.15) is 0 Å². The Morgan fingerprint density at radius 1 is 1.58 bits per heavy atom. The Kier molecular flexibility index (Phi) is 3.53. The first-order valence-corrected chi connectivity index (χ1v) is 5.09. The van der Waals surface area contributed by atoms with Crippen LogP contribution < -0.4 is 5.56 Å². The van der Waals surface area contributed by atoms with Gasteiger partial charge in [0.25, 0.3) is 5.56 Å². The molecule has 1 aromatic heterocycles. The minimum atomic E-state index is 0.0935. The molecule has 0 aliphatic heterocycles. The molecular formula is C9H12BrNO. The van der Waals surface area contributed by atoms with E-state index >= 15 is 0 Å². The third kappa shape index (κ3) is 2.48. The molecule has 12 heavy (non-hydrogen) atoms. The van der Waals surface area contributed by atoms with Crippen molar-refractivity contribution in [1.82, 2.24) is 4.57 Å². The number of pyridine rings is 1. The van der Waals surface area contributed by atoms with Crippen LogP contribution in [-0.4, -0.2) is 9.90 Å². The van der Waals surface area contributed by atoms with E-state index in [1.54, 1.807) is 10.6 Å². The number of hydrogen-bond acceptors (Lipinski definition) is 1. The van der Waals surface area contributed by atoms with Gasteiger partial charge in [0, 0.05) is 24.1 Å². The fourth-order valence-electron chi connectivity index (χ4n) is 1.02. The summed E-state index contributed by atoms with van der Waals surface area (Å²) < 4.78 is 1.73. The van der Waals surface area contributed by atoms with E-state index in [-0.39, 0.29) is 5.56 Å². The molecule has 0 amide bonds. The first-order valence-electron chi connectivity index (χ1n) is 3.97. The van der Waals surface area contributed by atoms with Gasteiger partial charge in [-0.05, 0) is 25.0 Å². The molecule has 0 saturated heterocycles. The molecule has 0 aromatic carbocycles. The SMILES string of the molecule is Cc1ccn(CCCBr)c(=O)c1. The van der Waals surface area contributed by atoms with Crippen molar-refractivity contribution in [1.29, 1.82) is 0 Å². The lowest BCUT2D eigenvalue weighted by molar-refractivity contribution is 0.659. The normalized spacial score (nSPS) is 10.2. The molecule has 0 fully saturated rings. The largest absolute Gasteiger partial charge is 0.315 e. The van der Waals surface area contributed by atoms with Crippen LogP contribution in [0.1, 0.15) is 12.0 Å². The minimum Gasteiger partial charge on any atom is -0.315 e. The summed E-state index contributed by atoms with van der Waals surface area (Å²) in [5.41, 5.74) is 1.12. The molecule has 0 spiro atoms. The first-order chi connectivity index (χ1) is 5.74. The predicted octanol–water partition coefficient (Wildman–Crippen LogP) is 1.94. The van der Waals surface area contributed by atoms with Crippen LogP contribution in [0.4, 0.5) is 0 Å². The minimum absolute atomic E-state index is 0.0935. The lowest BCUT2D eigenvalue weighted by Crippen LogP contribution is -2.18. The molecule has 2 nitrogen and oxygen atoms in total. The highest BCUT2D eigenvalue weighted by molar-refractivity contribution is 9.09. The lowest BCUT2D eigenvalue weighted by Gasteiger charge is -2.03. The fraction of sp³-hybridized carbons (Fsp3) is 0.444. The summed E-state index contributed by atoms with van der Waals surface area (Å²) in [4.78, 5) is 11.3. The zero-order valence-corrected chi connectivity index (χ0v) is 8.67. The average molecular weight is 230 g/mol. The Balaban J connectivity index is 2.80. The molecule has 66 valence electrons. The van der Waals surface area contributed by atoms with Crippen molar-refractivity contribution >= 4 is 15.9 Å². The second-order valence-corrected chi connectivity index (χ2v) is 3.57. The van der Waals surface area contributed by atoms with Gasteiger partial charge < -0.3 is 4.57 Å². The summed E-state index contributed by atoms with van der Waals surface area (Å²) in [7, 11) is 0. The van der Waals surface area contributed by atoms with E-state index in [0.29, 0.717) is 0 Å². The standard InChI is InChI=1S/C9H12BrNO/c1-8-3-6-11(5-2-4-10)9(12)7-8/h3,6-7H,2,4-5H2,1H3. The molecule has 1 heterocycles. The summed E-state index contributed by atoms with van der Waals surface area (Å²) in [6.45, 7) is 2.72. The molecule has 3 heteroatoms. The summed E-state index contributed by atoms with van der Waals surface area (Å²) in [5.74, 6) is 0. The van der Waals surface area contributed by atoms with E-state index in [4.69, 9.17) is 0 Å². The van der Waals surface area contributed by atoms with Gasteiger partial charge in [-0.3, -0.25) is 4.79 Å². The molecule has 0 aliphatic rings. The molecule has 0 atom stereocenters. The molecule has 0 bridgehead atoms. The molecular weight excluding hydrogens is 218 g/mol. The van der Waals surface area contributed by atoms with Gasteiger partial charge >= 0.3 is 0 Å². The van der Waals surface area contributed by atoms with Crippen molar-refractivity contribution in [3.05, 3.63) is 34.2 Å². The Morgan fingerprint density at radius 2 is 2.33 bits per heavy atom.